The highest BCUT2D eigenvalue weighted by Crippen LogP contribution is 2.28. The molecule has 0 saturated heterocycles. The number of hydrogen-bond acceptors (Lipinski definition) is 6. The Morgan fingerprint density at radius 2 is 1.72 bits per heavy atom. The molecule has 0 saturated carbocycles. The third-order valence-electron chi connectivity index (χ3n) is 4.98. The molecule has 0 N–H and O–H groups in total. The maximum Gasteiger partial charge on any atom is 0.274 e. The molecule has 0 spiro atoms. The van der Waals surface area contributed by atoms with Crippen molar-refractivity contribution in [3.05, 3.63) is 93.2 Å². The first-order valence-electron chi connectivity index (χ1n) is 10.1. The molecule has 0 radical (unpaired) electrons. The summed E-state index contributed by atoms with van der Waals surface area (Å²) in [6.45, 7) is 0.803. The standard InChI is InChI=1S/C25H20N2O4S/c1-29-22-15-17(11-12-21(22)31-14-13-30-18-7-3-2-4-8-18)16-23-24(28)27-20-10-6-5-9-19(20)26-25(27)32-23/h2-12,15-16H,13-14H2,1H3. The molecule has 3 aromatic carbocycles. The van der Waals surface area contributed by atoms with Gasteiger partial charge >= 0.3 is 0 Å². The van der Waals surface area contributed by atoms with Gasteiger partial charge in [-0.1, -0.05) is 47.7 Å². The van der Waals surface area contributed by atoms with Crippen LogP contribution in [0.2, 0.25) is 0 Å². The molecule has 2 heterocycles. The molecule has 7 heteroatoms. The molecular formula is C25H20N2O4S. The van der Waals surface area contributed by atoms with Crippen LogP contribution in [0.5, 0.6) is 17.2 Å². The van der Waals surface area contributed by atoms with Crippen LogP contribution < -0.4 is 24.3 Å². The van der Waals surface area contributed by atoms with Crippen LogP contribution in [0.3, 0.4) is 0 Å². The van der Waals surface area contributed by atoms with Gasteiger partial charge in [0.05, 0.1) is 22.7 Å². The zero-order valence-corrected chi connectivity index (χ0v) is 18.2. The highest BCUT2D eigenvalue weighted by Gasteiger charge is 2.11. The molecule has 5 aromatic rings. The number of ether oxygens (including phenoxy) is 3. The third-order valence-corrected chi connectivity index (χ3v) is 5.95. The highest BCUT2D eigenvalue weighted by atomic mass is 32.1. The second-order valence-electron chi connectivity index (χ2n) is 7.05. The predicted octanol–water partition coefficient (Wildman–Crippen LogP) is 3.92. The van der Waals surface area contributed by atoms with Gasteiger partial charge in [0.15, 0.2) is 16.5 Å². The average molecular weight is 445 g/mol. The molecule has 6 nitrogen and oxygen atoms in total. The van der Waals surface area contributed by atoms with E-state index < -0.39 is 0 Å². The number of rotatable bonds is 7. The van der Waals surface area contributed by atoms with E-state index in [0.29, 0.717) is 34.2 Å². The van der Waals surface area contributed by atoms with E-state index >= 15 is 0 Å². The second kappa shape index (κ2) is 8.72. The van der Waals surface area contributed by atoms with Crippen LogP contribution in [-0.2, 0) is 0 Å². The van der Waals surface area contributed by atoms with Gasteiger partial charge in [0.1, 0.15) is 19.0 Å². The van der Waals surface area contributed by atoms with Crippen molar-refractivity contribution in [2.75, 3.05) is 20.3 Å². The Bertz CT molecular complexity index is 1490. The molecule has 0 atom stereocenters. The van der Waals surface area contributed by atoms with E-state index in [1.807, 2.05) is 78.9 Å². The fourth-order valence-corrected chi connectivity index (χ4v) is 4.47. The number of aromatic nitrogens is 2. The van der Waals surface area contributed by atoms with E-state index in [1.54, 1.807) is 11.5 Å². The van der Waals surface area contributed by atoms with Crippen molar-refractivity contribution in [2.45, 2.75) is 0 Å². The van der Waals surface area contributed by atoms with Crippen molar-refractivity contribution in [1.82, 2.24) is 9.38 Å². The van der Waals surface area contributed by atoms with Crippen LogP contribution >= 0.6 is 11.3 Å². The van der Waals surface area contributed by atoms with Gasteiger partial charge in [0.25, 0.3) is 5.56 Å². The molecule has 0 amide bonds. The van der Waals surface area contributed by atoms with Crippen LogP contribution in [0.15, 0.2) is 77.6 Å². The van der Waals surface area contributed by atoms with Crippen molar-refractivity contribution < 1.29 is 14.2 Å². The topological polar surface area (TPSA) is 62.1 Å². The number of hydrogen-bond donors (Lipinski definition) is 0. The van der Waals surface area contributed by atoms with Gasteiger partial charge in [0, 0.05) is 0 Å². The largest absolute Gasteiger partial charge is 0.493 e. The number of nitrogens with zero attached hydrogens (tertiary/aromatic N) is 2. The van der Waals surface area contributed by atoms with Crippen LogP contribution in [0.25, 0.3) is 22.1 Å². The first-order chi connectivity index (χ1) is 15.7. The Hall–Kier alpha value is -3.84. The minimum Gasteiger partial charge on any atom is -0.493 e. The molecule has 160 valence electrons. The van der Waals surface area contributed by atoms with E-state index in [0.717, 1.165) is 22.3 Å². The van der Waals surface area contributed by atoms with Crippen molar-refractivity contribution in [3.8, 4) is 17.2 Å². The summed E-state index contributed by atoms with van der Waals surface area (Å²) < 4.78 is 19.2. The van der Waals surface area contributed by atoms with E-state index in [-0.39, 0.29) is 5.56 Å². The van der Waals surface area contributed by atoms with Crippen molar-refractivity contribution in [2.24, 2.45) is 0 Å². The molecule has 0 aliphatic rings. The molecule has 0 aliphatic heterocycles. The fourth-order valence-electron chi connectivity index (χ4n) is 3.48. The minimum atomic E-state index is -0.0731. The molecule has 32 heavy (non-hydrogen) atoms. The van der Waals surface area contributed by atoms with Crippen LogP contribution in [0.1, 0.15) is 5.56 Å². The van der Waals surface area contributed by atoms with Gasteiger partial charge in [0.2, 0.25) is 0 Å². The lowest BCUT2D eigenvalue weighted by atomic mass is 10.2. The maximum absolute atomic E-state index is 13.0. The lowest BCUT2D eigenvalue weighted by molar-refractivity contribution is 0.211. The quantitative estimate of drug-likeness (QED) is 0.356. The number of imidazole rings is 1. The third kappa shape index (κ3) is 3.90. The molecule has 2 aromatic heterocycles. The summed E-state index contributed by atoms with van der Waals surface area (Å²) in [7, 11) is 1.59. The summed E-state index contributed by atoms with van der Waals surface area (Å²) in [5, 5.41) is 0. The van der Waals surface area contributed by atoms with E-state index in [4.69, 9.17) is 14.2 Å². The number of para-hydroxylation sites is 3. The predicted molar refractivity (Wildman–Crippen MR) is 126 cm³/mol. The van der Waals surface area contributed by atoms with E-state index in [2.05, 4.69) is 4.98 Å². The summed E-state index contributed by atoms with van der Waals surface area (Å²) in [6.07, 6.45) is 1.85. The fraction of sp³-hybridized carbons (Fsp3) is 0.120. The van der Waals surface area contributed by atoms with Gasteiger partial charge in [-0.25, -0.2) is 9.38 Å². The Balaban J connectivity index is 1.36. The summed E-state index contributed by atoms with van der Waals surface area (Å²) in [4.78, 5) is 18.2. The van der Waals surface area contributed by atoms with Crippen molar-refractivity contribution in [3.63, 3.8) is 0 Å². The van der Waals surface area contributed by atoms with Gasteiger partial charge in [-0.05, 0) is 48.0 Å². The second-order valence-corrected chi connectivity index (χ2v) is 8.06. The summed E-state index contributed by atoms with van der Waals surface area (Å²) >= 11 is 1.37. The summed E-state index contributed by atoms with van der Waals surface area (Å²) in [5.41, 5.74) is 2.42. The summed E-state index contributed by atoms with van der Waals surface area (Å²) in [6, 6.07) is 22.8. The Morgan fingerprint density at radius 3 is 2.56 bits per heavy atom. The maximum atomic E-state index is 13.0. The molecule has 0 fully saturated rings. The lowest BCUT2D eigenvalue weighted by Crippen LogP contribution is -2.22. The van der Waals surface area contributed by atoms with Crippen LogP contribution in [0.4, 0.5) is 0 Å². The monoisotopic (exact) mass is 444 g/mol. The molecule has 0 unspecified atom stereocenters. The highest BCUT2D eigenvalue weighted by molar-refractivity contribution is 7.15. The van der Waals surface area contributed by atoms with Gasteiger partial charge in [-0.15, -0.1) is 0 Å². The molecule has 0 aliphatic carbocycles. The average Bonchev–Trinajstić information content (AvgIpc) is 3.34. The van der Waals surface area contributed by atoms with Crippen LogP contribution in [-0.4, -0.2) is 29.7 Å². The molecular weight excluding hydrogens is 424 g/mol. The lowest BCUT2D eigenvalue weighted by Gasteiger charge is -2.12. The number of methoxy groups -OCH3 is 1. The Kier molecular flexibility index (Phi) is 5.47. The Morgan fingerprint density at radius 1 is 0.938 bits per heavy atom. The minimum absolute atomic E-state index is 0.0731. The van der Waals surface area contributed by atoms with Crippen LogP contribution in [0, 0.1) is 0 Å². The van der Waals surface area contributed by atoms with Gasteiger partial charge < -0.3 is 14.2 Å². The summed E-state index contributed by atoms with van der Waals surface area (Å²) in [5.74, 6) is 2.02. The van der Waals surface area contributed by atoms with Crippen molar-refractivity contribution in [1.29, 1.82) is 0 Å². The molecule has 0 bridgehead atoms. The smallest absolute Gasteiger partial charge is 0.274 e. The van der Waals surface area contributed by atoms with Crippen molar-refractivity contribution >= 4 is 33.4 Å². The SMILES string of the molecule is COc1cc(C=c2sc3nc4ccccc4n3c2=O)ccc1OCCOc1ccccc1. The first-order valence-corrected chi connectivity index (χ1v) is 10.9. The number of thiazole rings is 1. The van der Waals surface area contributed by atoms with E-state index in [1.165, 1.54) is 11.3 Å². The number of fused-ring (bicyclic) bond motifs is 3. The first kappa shape index (κ1) is 20.1. The van der Waals surface area contributed by atoms with Gasteiger partial charge in [-0.3, -0.25) is 4.79 Å². The zero-order chi connectivity index (χ0) is 21.9. The van der Waals surface area contributed by atoms with Gasteiger partial charge in [-0.2, -0.15) is 0 Å². The molecule has 5 rings (SSSR count). The normalized spacial score (nSPS) is 11.8. The van der Waals surface area contributed by atoms with E-state index in [9.17, 15) is 4.79 Å². The Labute approximate surface area is 187 Å². The number of benzene rings is 3. The zero-order valence-electron chi connectivity index (χ0n) is 17.4.